The van der Waals surface area contributed by atoms with Crippen LogP contribution < -0.4 is 16.4 Å². The molecule has 10 rings (SSSR count). The van der Waals surface area contributed by atoms with Crippen LogP contribution in [-0.2, 0) is 0 Å². The summed E-state index contributed by atoms with van der Waals surface area (Å²) in [5.41, 5.74) is 17.7. The molecule has 0 saturated carbocycles. The van der Waals surface area contributed by atoms with E-state index in [1.807, 2.05) is 11.3 Å². The van der Waals surface area contributed by atoms with Gasteiger partial charge < -0.3 is 0 Å². The van der Waals surface area contributed by atoms with Gasteiger partial charge in [0, 0.05) is 20.9 Å². The number of benzene rings is 7. The zero-order valence-corrected chi connectivity index (χ0v) is 31.8. The minimum atomic E-state index is 0.127. The number of hydrogen-bond donors (Lipinski definition) is 0. The van der Waals surface area contributed by atoms with Gasteiger partial charge >= 0.3 is 0 Å². The highest BCUT2D eigenvalue weighted by Gasteiger charge is 2.29. The van der Waals surface area contributed by atoms with Crippen molar-refractivity contribution in [2.75, 3.05) is 0 Å². The van der Waals surface area contributed by atoms with Crippen LogP contribution in [0.15, 0.2) is 127 Å². The lowest BCUT2D eigenvalue weighted by molar-refractivity contribution is 1.25. The number of aryl methyl sites for hydroxylation is 6. The number of hydrogen-bond acceptors (Lipinski definition) is 2. The molecule has 0 spiro atoms. The molecule has 0 aliphatic carbocycles. The third-order valence-electron chi connectivity index (χ3n) is 11.5. The summed E-state index contributed by atoms with van der Waals surface area (Å²) in [5, 5.41) is 7.48. The summed E-state index contributed by atoms with van der Waals surface area (Å²) < 4.78 is 4.93. The molecule has 10 aromatic rings. The number of pyridine rings is 1. The van der Waals surface area contributed by atoms with Gasteiger partial charge in [-0.05, 0) is 87.5 Å². The fourth-order valence-corrected chi connectivity index (χ4v) is 10.5. The Balaban J connectivity index is 1.24. The fourth-order valence-electron chi connectivity index (χ4n) is 9.35. The average molecular weight is 699 g/mol. The van der Waals surface area contributed by atoms with Gasteiger partial charge in [0.05, 0.1) is 21.4 Å². The van der Waals surface area contributed by atoms with Crippen molar-refractivity contribution in [3.05, 3.63) is 161 Å². The van der Waals surface area contributed by atoms with Gasteiger partial charge in [0.1, 0.15) is 0 Å². The lowest BCUT2D eigenvalue weighted by atomic mass is 9.34. The molecule has 0 fully saturated rings. The summed E-state index contributed by atoms with van der Waals surface area (Å²) in [4.78, 5) is 5.47. The molecular weight excluding hydrogens is 659 g/mol. The van der Waals surface area contributed by atoms with E-state index in [2.05, 4.69) is 173 Å². The first-order valence-corrected chi connectivity index (χ1v) is 19.4. The molecule has 0 N–H and O–H groups in total. The second-order valence-corrected chi connectivity index (χ2v) is 16.2. The first-order chi connectivity index (χ1) is 25.7. The summed E-state index contributed by atoms with van der Waals surface area (Å²) in [6.45, 7) is 13.7. The number of imidazole rings is 1. The Morgan fingerprint density at radius 1 is 0.528 bits per heavy atom. The van der Waals surface area contributed by atoms with Gasteiger partial charge in [-0.2, -0.15) is 0 Å². The first kappa shape index (κ1) is 32.0. The van der Waals surface area contributed by atoms with Gasteiger partial charge in [-0.3, -0.25) is 4.40 Å². The number of aromatic nitrogens is 2. The van der Waals surface area contributed by atoms with Gasteiger partial charge in [-0.15, -0.1) is 11.3 Å². The molecule has 254 valence electrons. The van der Waals surface area contributed by atoms with E-state index in [9.17, 15) is 0 Å². The number of fused-ring (bicyclic) bond motifs is 10. The van der Waals surface area contributed by atoms with E-state index in [4.69, 9.17) is 4.98 Å². The second-order valence-electron chi connectivity index (χ2n) is 15.2. The van der Waals surface area contributed by atoms with Crippen molar-refractivity contribution in [2.24, 2.45) is 0 Å². The second kappa shape index (κ2) is 11.9. The molecule has 0 amide bonds. The smallest absolute Gasteiger partial charge is 0.242 e. The van der Waals surface area contributed by atoms with Crippen molar-refractivity contribution >= 4 is 92.8 Å². The molecule has 0 radical (unpaired) electrons. The highest BCUT2D eigenvalue weighted by atomic mass is 32.1. The molecule has 0 bridgehead atoms. The van der Waals surface area contributed by atoms with E-state index >= 15 is 0 Å². The number of rotatable bonds is 4. The quantitative estimate of drug-likeness (QED) is 0.167. The molecule has 53 heavy (non-hydrogen) atoms. The van der Waals surface area contributed by atoms with E-state index in [-0.39, 0.29) is 6.71 Å². The molecule has 0 atom stereocenters. The Labute approximate surface area is 314 Å². The van der Waals surface area contributed by atoms with Crippen LogP contribution >= 0.6 is 11.3 Å². The van der Waals surface area contributed by atoms with Crippen LogP contribution in [0.4, 0.5) is 0 Å². The Morgan fingerprint density at radius 3 is 1.75 bits per heavy atom. The summed E-state index contributed by atoms with van der Waals surface area (Å²) in [6, 6.07) is 47.8. The molecule has 2 nitrogen and oxygen atoms in total. The largest absolute Gasteiger partial charge is 0.291 e. The number of thiophene rings is 1. The van der Waals surface area contributed by atoms with Crippen molar-refractivity contribution in [3.8, 4) is 11.3 Å². The van der Waals surface area contributed by atoms with E-state index in [0.29, 0.717) is 0 Å². The van der Waals surface area contributed by atoms with Gasteiger partial charge in [0.15, 0.2) is 5.65 Å². The fraction of sp³-hybridized carbons (Fsp3) is 0.122. The predicted octanol–water partition coefficient (Wildman–Crippen LogP) is 11.2. The third-order valence-corrected chi connectivity index (χ3v) is 12.6. The highest BCUT2D eigenvalue weighted by Crippen LogP contribution is 2.42. The first-order valence-electron chi connectivity index (χ1n) is 18.6. The van der Waals surface area contributed by atoms with Gasteiger partial charge in [-0.25, -0.2) is 4.98 Å². The molecular formula is C49H39BN2S. The van der Waals surface area contributed by atoms with Crippen molar-refractivity contribution in [3.63, 3.8) is 0 Å². The van der Waals surface area contributed by atoms with Crippen molar-refractivity contribution < 1.29 is 0 Å². The standard InChI is InChI=1S/C49H39BN2S/c1-28-21-30(3)45(31(4)22-28)50(46-32(5)23-29(2)24-33(46)6)38-18-15-35(16-19-38)43-27-41-40-25-36-12-7-8-13-37(36)26-44(40)53-48(41)49-51-47-39-14-10-9-11-34(39)17-20-42(47)52(43)49/h7-27H,1-6H3. The molecule has 0 aliphatic heterocycles. The normalized spacial score (nSPS) is 12.0. The van der Waals surface area contributed by atoms with Gasteiger partial charge in [0.25, 0.3) is 0 Å². The lowest BCUT2D eigenvalue weighted by Crippen LogP contribution is -2.55. The zero-order chi connectivity index (χ0) is 36.1. The zero-order valence-electron chi connectivity index (χ0n) is 31.0. The minimum Gasteiger partial charge on any atom is -0.291 e. The number of nitrogens with zero attached hydrogens (tertiary/aromatic N) is 2. The Bertz CT molecular complexity index is 3020. The summed E-state index contributed by atoms with van der Waals surface area (Å²) in [5.74, 6) is 0. The monoisotopic (exact) mass is 698 g/mol. The molecule has 4 heteroatoms. The van der Waals surface area contributed by atoms with E-state index < -0.39 is 0 Å². The van der Waals surface area contributed by atoms with Crippen molar-refractivity contribution in [2.45, 2.75) is 41.5 Å². The SMILES string of the molecule is Cc1cc(C)c(B(c2ccc(-c3cc4c5cc6ccccc6cc5sc4c4nc5c6ccccc6ccc5n34)cc2)c2c(C)cc(C)cc2C)c(C)c1. The summed E-state index contributed by atoms with van der Waals surface area (Å²) in [6.07, 6.45) is 0. The van der Waals surface area contributed by atoms with Crippen molar-refractivity contribution in [1.29, 1.82) is 0 Å². The summed E-state index contributed by atoms with van der Waals surface area (Å²) >= 11 is 1.86. The lowest BCUT2D eigenvalue weighted by Gasteiger charge is -2.25. The maximum atomic E-state index is 5.47. The van der Waals surface area contributed by atoms with Gasteiger partial charge in [-0.1, -0.05) is 153 Å². The molecule has 3 aromatic heterocycles. The molecule has 3 heterocycles. The van der Waals surface area contributed by atoms with E-state index in [1.54, 1.807) is 0 Å². The van der Waals surface area contributed by atoms with Crippen LogP contribution in [0.1, 0.15) is 33.4 Å². The Morgan fingerprint density at radius 2 is 1.11 bits per heavy atom. The van der Waals surface area contributed by atoms with E-state index in [1.165, 1.54) is 97.0 Å². The van der Waals surface area contributed by atoms with Crippen LogP contribution in [0.25, 0.3) is 69.7 Å². The van der Waals surface area contributed by atoms with Crippen LogP contribution in [0.2, 0.25) is 0 Å². The Kier molecular flexibility index (Phi) is 7.19. The van der Waals surface area contributed by atoms with Crippen LogP contribution in [-0.4, -0.2) is 16.1 Å². The average Bonchev–Trinajstić information content (AvgIpc) is 3.71. The predicted molar refractivity (Wildman–Crippen MR) is 232 cm³/mol. The van der Waals surface area contributed by atoms with Crippen LogP contribution in [0, 0.1) is 41.5 Å². The van der Waals surface area contributed by atoms with Crippen LogP contribution in [0.3, 0.4) is 0 Å². The third kappa shape index (κ3) is 4.96. The topological polar surface area (TPSA) is 17.3 Å². The minimum absolute atomic E-state index is 0.127. The molecule has 0 saturated heterocycles. The van der Waals surface area contributed by atoms with Crippen LogP contribution in [0.5, 0.6) is 0 Å². The maximum Gasteiger partial charge on any atom is 0.242 e. The highest BCUT2D eigenvalue weighted by molar-refractivity contribution is 7.26. The van der Waals surface area contributed by atoms with Crippen molar-refractivity contribution in [1.82, 2.24) is 9.38 Å². The molecule has 7 aromatic carbocycles. The maximum absolute atomic E-state index is 5.47. The molecule has 0 aliphatic rings. The van der Waals surface area contributed by atoms with Gasteiger partial charge in [0.2, 0.25) is 6.71 Å². The summed E-state index contributed by atoms with van der Waals surface area (Å²) in [7, 11) is 0. The van der Waals surface area contributed by atoms with E-state index in [0.717, 1.165) is 22.4 Å². The molecule has 0 unspecified atom stereocenters. The Hall–Kier alpha value is -5.71.